The van der Waals surface area contributed by atoms with E-state index in [2.05, 4.69) is 32.9 Å². The number of pyridine rings is 1. The van der Waals surface area contributed by atoms with Crippen LogP contribution in [0, 0.1) is 11.3 Å². The van der Waals surface area contributed by atoms with Gasteiger partial charge in [0.1, 0.15) is 23.3 Å². The molecule has 0 aliphatic rings. The number of amides is 1. The predicted molar refractivity (Wildman–Crippen MR) is 152 cm³/mol. The zero-order chi connectivity index (χ0) is 29.3. The maximum absolute atomic E-state index is 13.2. The lowest BCUT2D eigenvalue weighted by molar-refractivity contribution is -0.111. The summed E-state index contributed by atoms with van der Waals surface area (Å²) in [6.07, 6.45) is 0.776. The number of fused-ring (bicyclic) bond motifs is 1. The van der Waals surface area contributed by atoms with Crippen LogP contribution in [0.15, 0.2) is 73.6 Å². The molecule has 0 aliphatic carbocycles. The third-order valence-corrected chi connectivity index (χ3v) is 6.57. The quantitative estimate of drug-likeness (QED) is 0.209. The molecule has 0 saturated carbocycles. The van der Waals surface area contributed by atoms with Gasteiger partial charge >= 0.3 is 6.01 Å². The first-order valence-electron chi connectivity index (χ1n) is 12.0. The van der Waals surface area contributed by atoms with Crippen molar-refractivity contribution < 1.29 is 18.3 Å². The van der Waals surface area contributed by atoms with Gasteiger partial charge in [-0.15, -0.1) is 0 Å². The summed E-state index contributed by atoms with van der Waals surface area (Å²) in [6, 6.07) is 15.8. The summed E-state index contributed by atoms with van der Waals surface area (Å²) in [5.41, 5.74) is 10.2. The molecule has 12 heteroatoms. The van der Waals surface area contributed by atoms with Crippen LogP contribution in [0.1, 0.15) is 17.7 Å². The van der Waals surface area contributed by atoms with Crippen LogP contribution in [-0.2, 0) is 11.8 Å². The molecule has 3 N–H and O–H groups in total. The fourth-order valence-corrected chi connectivity index (χ4v) is 4.65. The summed E-state index contributed by atoms with van der Waals surface area (Å²) in [5, 5.41) is 12.8. The SMILES string of the molecule is C=CC(=O)Nc1ccc(-c2c(-c3ccc(Oc4ncc(Cl)c(C(F)F)n4)cc3)c3c(N)ncc(C#N)c3n2C)cc1. The molecular formula is C29H20ClF2N7O2. The Labute approximate surface area is 237 Å². The molecule has 0 spiro atoms. The number of nitrogens with two attached hydrogens (primary N) is 1. The molecule has 0 bridgehead atoms. The number of carbonyl (C=O) groups is 1. The van der Waals surface area contributed by atoms with Crippen LogP contribution in [-0.4, -0.2) is 25.4 Å². The highest BCUT2D eigenvalue weighted by atomic mass is 35.5. The van der Waals surface area contributed by atoms with Gasteiger partial charge in [-0.05, 0) is 41.5 Å². The third kappa shape index (κ3) is 5.16. The molecule has 0 atom stereocenters. The largest absolute Gasteiger partial charge is 0.424 e. The number of ether oxygens (including phenoxy) is 1. The summed E-state index contributed by atoms with van der Waals surface area (Å²) in [4.78, 5) is 23.5. The summed E-state index contributed by atoms with van der Waals surface area (Å²) in [5.74, 6) is 0.196. The fourth-order valence-electron chi connectivity index (χ4n) is 4.47. The normalized spacial score (nSPS) is 10.9. The van der Waals surface area contributed by atoms with Gasteiger partial charge in [-0.3, -0.25) is 4.79 Å². The van der Waals surface area contributed by atoms with Gasteiger partial charge in [0.2, 0.25) is 5.91 Å². The van der Waals surface area contributed by atoms with Crippen molar-refractivity contribution in [3.05, 3.63) is 89.9 Å². The molecule has 9 nitrogen and oxygen atoms in total. The number of nitrogens with one attached hydrogen (secondary N) is 1. The average molecular weight is 572 g/mol. The number of nitrogen functional groups attached to an aromatic ring is 1. The van der Waals surface area contributed by atoms with Crippen molar-refractivity contribution in [3.8, 4) is 40.2 Å². The van der Waals surface area contributed by atoms with Gasteiger partial charge in [-0.25, -0.2) is 18.7 Å². The van der Waals surface area contributed by atoms with Gasteiger partial charge in [0, 0.05) is 24.5 Å². The van der Waals surface area contributed by atoms with Crippen molar-refractivity contribution in [2.45, 2.75) is 6.43 Å². The Bertz CT molecular complexity index is 1850. The lowest BCUT2D eigenvalue weighted by Gasteiger charge is -2.11. The molecule has 0 saturated heterocycles. The van der Waals surface area contributed by atoms with E-state index in [1.165, 1.54) is 12.3 Å². The molecule has 0 fully saturated rings. The molecule has 3 aromatic heterocycles. The van der Waals surface area contributed by atoms with Crippen LogP contribution in [0.5, 0.6) is 11.8 Å². The number of nitrogens with zero attached hydrogens (tertiary/aromatic N) is 5. The number of aromatic nitrogens is 4. The van der Waals surface area contributed by atoms with Crippen LogP contribution in [0.3, 0.4) is 0 Å². The van der Waals surface area contributed by atoms with E-state index in [0.717, 1.165) is 23.0 Å². The Morgan fingerprint density at radius 3 is 2.46 bits per heavy atom. The summed E-state index contributed by atoms with van der Waals surface area (Å²) in [6.45, 7) is 3.46. The van der Waals surface area contributed by atoms with Gasteiger partial charge in [-0.2, -0.15) is 10.2 Å². The number of benzene rings is 2. The van der Waals surface area contributed by atoms with Gasteiger partial charge in [0.15, 0.2) is 0 Å². The molecule has 5 aromatic rings. The highest BCUT2D eigenvalue weighted by molar-refractivity contribution is 6.31. The molecule has 3 heterocycles. The summed E-state index contributed by atoms with van der Waals surface area (Å²) in [7, 11) is 1.82. The Hall–Kier alpha value is -5.34. The number of hydrogen-bond acceptors (Lipinski definition) is 7. The van der Waals surface area contributed by atoms with Crippen molar-refractivity contribution in [2.75, 3.05) is 11.1 Å². The van der Waals surface area contributed by atoms with Crippen LogP contribution in [0.25, 0.3) is 33.3 Å². The summed E-state index contributed by atoms with van der Waals surface area (Å²) >= 11 is 5.75. The third-order valence-electron chi connectivity index (χ3n) is 6.28. The van der Waals surface area contributed by atoms with Crippen molar-refractivity contribution >= 4 is 39.9 Å². The number of aryl methyl sites for hydroxylation is 1. The first kappa shape index (κ1) is 27.2. The standard InChI is InChI=1S/C29H20ClF2N7O2/c1-3-21(40)37-18-8-4-16(5-9-18)25-22(23-26(39(25)2)17(12-33)13-35-28(23)34)15-6-10-19(11-7-15)41-29-36-14-20(30)24(38-29)27(31)32/h3-11,13-14,27H,1H2,2H3,(H2,34,35)(H,37,40). The van der Waals surface area contributed by atoms with Crippen molar-refractivity contribution in [2.24, 2.45) is 7.05 Å². The maximum Gasteiger partial charge on any atom is 0.322 e. The van der Waals surface area contributed by atoms with Gasteiger partial charge < -0.3 is 20.4 Å². The van der Waals surface area contributed by atoms with Gasteiger partial charge in [0.25, 0.3) is 6.43 Å². The minimum Gasteiger partial charge on any atom is -0.424 e. The summed E-state index contributed by atoms with van der Waals surface area (Å²) < 4.78 is 33.8. The second kappa shape index (κ2) is 11.0. The zero-order valence-corrected chi connectivity index (χ0v) is 22.2. The minimum atomic E-state index is -2.88. The van der Waals surface area contributed by atoms with Crippen LogP contribution in [0.4, 0.5) is 20.3 Å². The topological polar surface area (TPSA) is 132 Å². The zero-order valence-electron chi connectivity index (χ0n) is 21.4. The second-order valence-electron chi connectivity index (χ2n) is 8.76. The Morgan fingerprint density at radius 2 is 1.83 bits per heavy atom. The van der Waals surface area contributed by atoms with E-state index in [4.69, 9.17) is 22.1 Å². The molecule has 1 amide bonds. The number of carbonyl (C=O) groups excluding carboxylic acids is 1. The number of alkyl halides is 2. The number of hydrogen-bond donors (Lipinski definition) is 2. The molecule has 2 aromatic carbocycles. The van der Waals surface area contributed by atoms with E-state index in [-0.39, 0.29) is 22.8 Å². The molecule has 0 aliphatic heterocycles. The van der Waals surface area contributed by atoms with E-state index in [0.29, 0.717) is 33.5 Å². The van der Waals surface area contributed by atoms with E-state index in [9.17, 15) is 18.8 Å². The lowest BCUT2D eigenvalue weighted by atomic mass is 9.98. The van der Waals surface area contributed by atoms with E-state index >= 15 is 0 Å². The molecule has 204 valence electrons. The van der Waals surface area contributed by atoms with Gasteiger partial charge in [0.05, 0.1) is 33.4 Å². The molecular weight excluding hydrogens is 552 g/mol. The van der Waals surface area contributed by atoms with Gasteiger partial charge in [-0.1, -0.05) is 42.4 Å². The lowest BCUT2D eigenvalue weighted by Crippen LogP contribution is -2.06. The highest BCUT2D eigenvalue weighted by Crippen LogP contribution is 2.44. The smallest absolute Gasteiger partial charge is 0.322 e. The van der Waals surface area contributed by atoms with E-state index in [1.54, 1.807) is 36.4 Å². The number of nitriles is 1. The minimum absolute atomic E-state index is 0.236. The number of rotatable bonds is 7. The van der Waals surface area contributed by atoms with Crippen molar-refractivity contribution in [3.63, 3.8) is 0 Å². The van der Waals surface area contributed by atoms with Crippen LogP contribution >= 0.6 is 11.6 Å². The average Bonchev–Trinajstić information content (AvgIpc) is 3.28. The monoisotopic (exact) mass is 571 g/mol. The molecule has 0 radical (unpaired) electrons. The molecule has 5 rings (SSSR count). The van der Waals surface area contributed by atoms with Crippen molar-refractivity contribution in [1.29, 1.82) is 5.26 Å². The first-order chi connectivity index (χ1) is 19.7. The Kier molecular flexibility index (Phi) is 7.33. The maximum atomic E-state index is 13.2. The highest BCUT2D eigenvalue weighted by Gasteiger charge is 2.23. The van der Waals surface area contributed by atoms with E-state index in [1.807, 2.05) is 23.7 Å². The number of anilines is 2. The predicted octanol–water partition coefficient (Wildman–Crippen LogP) is 6.66. The molecule has 0 unspecified atom stereocenters. The Morgan fingerprint density at radius 1 is 1.15 bits per heavy atom. The molecule has 41 heavy (non-hydrogen) atoms. The fraction of sp³-hybridized carbons (Fsp3) is 0.0690. The van der Waals surface area contributed by atoms with Crippen LogP contribution < -0.4 is 15.8 Å². The first-order valence-corrected chi connectivity index (χ1v) is 12.4. The van der Waals surface area contributed by atoms with Crippen LogP contribution in [0.2, 0.25) is 5.02 Å². The Balaban J connectivity index is 1.61. The van der Waals surface area contributed by atoms with E-state index < -0.39 is 12.1 Å². The second-order valence-corrected chi connectivity index (χ2v) is 9.17. The van der Waals surface area contributed by atoms with Crippen molar-refractivity contribution in [1.82, 2.24) is 19.5 Å². The number of halogens is 3.